The molecule has 10 heavy (non-hydrogen) atoms. The highest BCUT2D eigenvalue weighted by Gasteiger charge is 1.93. The Kier molecular flexibility index (Phi) is 2.22. The molecule has 0 bridgehead atoms. The second kappa shape index (κ2) is 3.17. The van der Waals surface area contributed by atoms with Gasteiger partial charge in [0.05, 0.1) is 6.20 Å². The molecule has 1 heterocycles. The van der Waals surface area contributed by atoms with E-state index in [4.69, 9.17) is 0 Å². The molecule has 0 fully saturated rings. The molecule has 1 aromatic heterocycles. The summed E-state index contributed by atoms with van der Waals surface area (Å²) in [5, 5.41) is 1.91. The van der Waals surface area contributed by atoms with Crippen molar-refractivity contribution in [3.05, 3.63) is 18.6 Å². The van der Waals surface area contributed by atoms with Crippen LogP contribution in [0.2, 0.25) is 0 Å². The number of nitrogens with zero attached hydrogens (tertiary/aromatic N) is 2. The minimum Gasteiger partial charge on any atom is -0.300 e. The number of nitrogens with one attached hydrogen (secondary N) is 1. The fourth-order valence-electron chi connectivity index (χ4n) is 0.473. The van der Waals surface area contributed by atoms with Gasteiger partial charge in [-0.25, -0.2) is 4.98 Å². The first kappa shape index (κ1) is 7.01. The number of amides is 1. The van der Waals surface area contributed by atoms with Crippen LogP contribution in [0.25, 0.3) is 0 Å². The Bertz CT molecular complexity index is 226. The minimum atomic E-state index is -0.444. The molecule has 1 N–H and O–H groups in total. The molecule has 0 aromatic carbocycles. The van der Waals surface area contributed by atoms with E-state index in [1.165, 1.54) is 18.6 Å². The first-order chi connectivity index (χ1) is 4.79. The zero-order chi connectivity index (χ0) is 7.40. The molecular formula is C5H5N3OS. The largest absolute Gasteiger partial charge is 0.300 e. The molecule has 0 unspecified atom stereocenters. The number of rotatable bonds is 1. The maximum atomic E-state index is 10.3. The number of thiol groups is 1. The van der Waals surface area contributed by atoms with Crippen LogP contribution in [0.1, 0.15) is 0 Å². The standard InChI is InChI=1S/C5H5N3OS/c9-5(10)8-4-3-6-1-2-7-4/h1-3H,(H2,7,8,9,10). The highest BCUT2D eigenvalue weighted by molar-refractivity contribution is 7.96. The average Bonchev–Trinajstić information content (AvgIpc) is 1.88. The molecule has 0 aliphatic rings. The third-order valence-electron chi connectivity index (χ3n) is 0.798. The predicted octanol–water partition coefficient (Wildman–Crippen LogP) is 0.938. The molecule has 0 saturated carbocycles. The van der Waals surface area contributed by atoms with E-state index in [9.17, 15) is 4.79 Å². The molecule has 1 aromatic rings. The number of hydrogen-bond donors (Lipinski definition) is 2. The van der Waals surface area contributed by atoms with Crippen molar-refractivity contribution in [1.82, 2.24) is 9.97 Å². The zero-order valence-corrected chi connectivity index (χ0v) is 5.88. The fraction of sp³-hybridized carbons (Fsp3) is 0. The van der Waals surface area contributed by atoms with Crippen molar-refractivity contribution < 1.29 is 4.79 Å². The Morgan fingerprint density at radius 1 is 1.60 bits per heavy atom. The molecule has 1 amide bonds. The lowest BCUT2D eigenvalue weighted by atomic mass is 10.7. The van der Waals surface area contributed by atoms with Gasteiger partial charge in [-0.3, -0.25) is 9.78 Å². The van der Waals surface area contributed by atoms with Crippen molar-refractivity contribution in [3.8, 4) is 0 Å². The normalized spacial score (nSPS) is 8.90. The van der Waals surface area contributed by atoms with Gasteiger partial charge < -0.3 is 5.32 Å². The quantitative estimate of drug-likeness (QED) is 0.593. The third-order valence-corrected chi connectivity index (χ3v) is 0.910. The Hall–Kier alpha value is -1.10. The average molecular weight is 155 g/mol. The molecule has 0 radical (unpaired) electrons. The lowest BCUT2D eigenvalue weighted by Crippen LogP contribution is -2.02. The minimum absolute atomic E-state index is 0.405. The molecule has 0 spiro atoms. The Morgan fingerprint density at radius 3 is 2.90 bits per heavy atom. The van der Waals surface area contributed by atoms with E-state index < -0.39 is 5.24 Å². The summed E-state index contributed by atoms with van der Waals surface area (Å²) in [6.45, 7) is 0. The van der Waals surface area contributed by atoms with Crippen molar-refractivity contribution in [2.75, 3.05) is 5.32 Å². The van der Waals surface area contributed by atoms with Gasteiger partial charge in [0.25, 0.3) is 5.24 Å². The third kappa shape index (κ3) is 2.02. The number of hydrogen-bond acceptors (Lipinski definition) is 3. The van der Waals surface area contributed by atoms with Gasteiger partial charge >= 0.3 is 0 Å². The summed E-state index contributed by atoms with van der Waals surface area (Å²) in [7, 11) is 0. The number of aromatic nitrogens is 2. The first-order valence-corrected chi connectivity index (χ1v) is 3.00. The molecule has 0 saturated heterocycles. The number of anilines is 1. The van der Waals surface area contributed by atoms with Gasteiger partial charge in [-0.05, 0) is 0 Å². The van der Waals surface area contributed by atoms with Gasteiger partial charge in [0.2, 0.25) is 0 Å². The van der Waals surface area contributed by atoms with Crippen LogP contribution in [0, 0.1) is 0 Å². The van der Waals surface area contributed by atoms with Crippen molar-refractivity contribution in [1.29, 1.82) is 0 Å². The highest BCUT2D eigenvalue weighted by atomic mass is 32.1. The summed E-state index contributed by atoms with van der Waals surface area (Å²) in [4.78, 5) is 17.8. The van der Waals surface area contributed by atoms with E-state index in [0.29, 0.717) is 5.82 Å². The van der Waals surface area contributed by atoms with Crippen molar-refractivity contribution in [2.45, 2.75) is 0 Å². The summed E-state index contributed by atoms with van der Waals surface area (Å²) in [5.74, 6) is 0.405. The summed E-state index contributed by atoms with van der Waals surface area (Å²) in [6, 6.07) is 0. The molecule has 0 atom stereocenters. The SMILES string of the molecule is O=C(S)Nc1cnccn1. The molecule has 0 aliphatic carbocycles. The van der Waals surface area contributed by atoms with Gasteiger partial charge in [0.15, 0.2) is 5.82 Å². The van der Waals surface area contributed by atoms with E-state index in [2.05, 4.69) is 27.9 Å². The van der Waals surface area contributed by atoms with Crippen LogP contribution < -0.4 is 5.32 Å². The molecule has 4 nitrogen and oxygen atoms in total. The van der Waals surface area contributed by atoms with E-state index in [-0.39, 0.29) is 0 Å². The summed E-state index contributed by atoms with van der Waals surface area (Å²) < 4.78 is 0. The maximum absolute atomic E-state index is 10.3. The van der Waals surface area contributed by atoms with Gasteiger partial charge in [0, 0.05) is 12.4 Å². The zero-order valence-electron chi connectivity index (χ0n) is 4.98. The van der Waals surface area contributed by atoms with E-state index in [1.807, 2.05) is 0 Å². The van der Waals surface area contributed by atoms with Crippen molar-refractivity contribution in [2.24, 2.45) is 0 Å². The Labute approximate surface area is 63.1 Å². The summed E-state index contributed by atoms with van der Waals surface area (Å²) in [5.41, 5.74) is 0. The number of carbonyl (C=O) groups excluding carboxylic acids is 1. The molecule has 0 aliphatic heterocycles. The van der Waals surface area contributed by atoms with Crippen LogP contribution in [-0.2, 0) is 0 Å². The van der Waals surface area contributed by atoms with Crippen molar-refractivity contribution in [3.63, 3.8) is 0 Å². The Morgan fingerprint density at radius 2 is 2.40 bits per heavy atom. The predicted molar refractivity (Wildman–Crippen MR) is 40.0 cm³/mol. The topological polar surface area (TPSA) is 54.9 Å². The summed E-state index contributed by atoms with van der Waals surface area (Å²) in [6.07, 6.45) is 4.45. The second-order valence-corrected chi connectivity index (χ2v) is 1.93. The van der Waals surface area contributed by atoms with Gasteiger partial charge in [-0.1, -0.05) is 12.6 Å². The summed E-state index contributed by atoms with van der Waals surface area (Å²) >= 11 is 3.49. The van der Waals surface area contributed by atoms with Crippen molar-refractivity contribution >= 4 is 23.7 Å². The highest BCUT2D eigenvalue weighted by Crippen LogP contribution is 1.97. The van der Waals surface area contributed by atoms with E-state index in [0.717, 1.165) is 0 Å². The van der Waals surface area contributed by atoms with Gasteiger partial charge in [0.1, 0.15) is 0 Å². The van der Waals surface area contributed by atoms with E-state index >= 15 is 0 Å². The van der Waals surface area contributed by atoms with Crippen LogP contribution in [0.5, 0.6) is 0 Å². The molecule has 1 rings (SSSR count). The van der Waals surface area contributed by atoms with Gasteiger partial charge in [-0.2, -0.15) is 0 Å². The lowest BCUT2D eigenvalue weighted by Gasteiger charge is -1.95. The van der Waals surface area contributed by atoms with Gasteiger partial charge in [-0.15, -0.1) is 0 Å². The molecule has 5 heteroatoms. The molecular weight excluding hydrogens is 150 g/mol. The fourth-order valence-corrected chi connectivity index (χ4v) is 0.588. The van der Waals surface area contributed by atoms with E-state index in [1.54, 1.807) is 0 Å². The lowest BCUT2D eigenvalue weighted by molar-refractivity contribution is 0.270. The van der Waals surface area contributed by atoms with Crippen LogP contribution in [-0.4, -0.2) is 15.2 Å². The smallest absolute Gasteiger partial charge is 0.281 e. The molecule has 52 valence electrons. The number of carbonyl (C=O) groups is 1. The maximum Gasteiger partial charge on any atom is 0.281 e. The van der Waals surface area contributed by atoms with Crippen LogP contribution >= 0.6 is 12.6 Å². The monoisotopic (exact) mass is 155 g/mol. The van der Waals surface area contributed by atoms with Crippen LogP contribution in [0.15, 0.2) is 18.6 Å². The van der Waals surface area contributed by atoms with Crippen LogP contribution in [0.3, 0.4) is 0 Å². The Balaban J connectivity index is 2.67. The second-order valence-electron chi connectivity index (χ2n) is 1.52. The first-order valence-electron chi connectivity index (χ1n) is 2.55. The van der Waals surface area contributed by atoms with Crippen LogP contribution in [0.4, 0.5) is 10.6 Å².